The van der Waals surface area contributed by atoms with Gasteiger partial charge in [-0.25, -0.2) is 18.4 Å². The van der Waals surface area contributed by atoms with Crippen LogP contribution in [0.15, 0.2) is 60.7 Å². The molecule has 0 saturated heterocycles. The molecule has 0 radical (unpaired) electrons. The number of ether oxygens (including phenoxy) is 1. The number of aliphatic hydroxyl groups excluding tert-OH is 1. The Labute approximate surface area is 168 Å². The van der Waals surface area contributed by atoms with Crippen molar-refractivity contribution >= 4 is 49.5 Å². The summed E-state index contributed by atoms with van der Waals surface area (Å²) in [6, 6.07) is 17.7. The van der Waals surface area contributed by atoms with Gasteiger partial charge in [0.1, 0.15) is 3.85 Å². The van der Waals surface area contributed by atoms with E-state index >= 15 is 0 Å². The number of carbonyl (C=O) groups excluding carboxylic acids is 1. The number of sulfonamides is 1. The van der Waals surface area contributed by atoms with Crippen LogP contribution in [0.25, 0.3) is 10.9 Å². The third-order valence-corrected chi connectivity index (χ3v) is 7.35. The maximum atomic E-state index is 12.8. The molecular weight excluding hydrogens is 422 g/mol. The molecule has 0 spiro atoms. The molecule has 0 saturated carbocycles. The second-order valence-electron chi connectivity index (χ2n) is 5.58. The Bertz CT molecular complexity index is 1140. The summed E-state index contributed by atoms with van der Waals surface area (Å²) < 4.78 is 29.6. The minimum atomic E-state index is -4.41. The van der Waals surface area contributed by atoms with Crippen molar-refractivity contribution in [1.82, 2.24) is 0 Å². The highest BCUT2D eigenvalue weighted by atomic mass is 32.2. The number of aliphatic hydroxyl groups is 2. The van der Waals surface area contributed by atoms with E-state index in [0.717, 1.165) is 22.7 Å². The van der Waals surface area contributed by atoms with Gasteiger partial charge in [-0.1, -0.05) is 60.7 Å². The molecule has 0 bridgehead atoms. The predicted molar refractivity (Wildman–Crippen MR) is 107 cm³/mol. The largest absolute Gasteiger partial charge is 0.479 e. The Balaban J connectivity index is 2.06. The third-order valence-electron chi connectivity index (χ3n) is 3.64. The molecule has 0 atom stereocenters. The maximum Gasteiger partial charge on any atom is 0.354 e. The summed E-state index contributed by atoms with van der Waals surface area (Å²) in [5, 5.41) is 23.3. The van der Waals surface area contributed by atoms with E-state index in [9.17, 15) is 13.2 Å². The topological polar surface area (TPSA) is 127 Å². The van der Waals surface area contributed by atoms with Crippen LogP contribution in [-0.2, 0) is 19.6 Å². The van der Waals surface area contributed by atoms with Crippen LogP contribution in [0.1, 0.15) is 17.2 Å². The van der Waals surface area contributed by atoms with Gasteiger partial charge in [0.2, 0.25) is 10.0 Å². The molecule has 2 aromatic carbocycles. The van der Waals surface area contributed by atoms with Gasteiger partial charge in [-0.15, -0.1) is 22.7 Å². The van der Waals surface area contributed by atoms with Crippen molar-refractivity contribution in [2.45, 2.75) is 6.10 Å². The quantitative estimate of drug-likeness (QED) is 0.522. The van der Waals surface area contributed by atoms with Crippen LogP contribution in [0.4, 0.5) is 0 Å². The first-order chi connectivity index (χ1) is 13.3. The highest BCUT2D eigenvalue weighted by molar-refractivity contribution is 7.99. The Hall–Kier alpha value is -2.66. The molecule has 3 aromatic rings. The summed E-state index contributed by atoms with van der Waals surface area (Å²) in [5.41, 5.74) is 1.31. The second-order valence-corrected chi connectivity index (χ2v) is 9.64. The van der Waals surface area contributed by atoms with Crippen molar-refractivity contribution in [1.29, 1.82) is 0 Å². The van der Waals surface area contributed by atoms with Crippen LogP contribution in [0, 0.1) is 0 Å². The molecule has 10 heteroatoms. The first-order valence-electron chi connectivity index (χ1n) is 7.83. The number of hydrogen-bond donors (Lipinski definition) is 3. The van der Waals surface area contributed by atoms with Crippen LogP contribution >= 0.6 is 22.7 Å². The van der Waals surface area contributed by atoms with Gasteiger partial charge in [-0.05, 0) is 11.1 Å². The Morgan fingerprint density at radius 2 is 1.36 bits per heavy atom. The Morgan fingerprint density at radius 1 is 0.893 bits per heavy atom. The second kappa shape index (κ2) is 8.15. The lowest BCUT2D eigenvalue weighted by molar-refractivity contribution is -0.140. The molecular formula is C18H15NO6S3. The summed E-state index contributed by atoms with van der Waals surface area (Å²) in [5.74, 6) is -2.07. The van der Waals surface area contributed by atoms with E-state index in [2.05, 4.69) is 0 Å². The van der Waals surface area contributed by atoms with Crippen molar-refractivity contribution in [3.8, 4) is 0 Å². The summed E-state index contributed by atoms with van der Waals surface area (Å²) in [6.07, 6.45) is -0.844. The summed E-state index contributed by atoms with van der Waals surface area (Å²) in [7, 11) is -4.41. The number of nitrogens with two attached hydrogens (primary N) is 1. The van der Waals surface area contributed by atoms with Crippen LogP contribution in [0.2, 0.25) is 0 Å². The lowest BCUT2D eigenvalue weighted by atomic mass is 10.0. The molecule has 0 amide bonds. The van der Waals surface area contributed by atoms with Gasteiger partial charge in [0.05, 0.1) is 0 Å². The fraction of sp³-hybridized carbons (Fsp3) is 0.0556. The van der Waals surface area contributed by atoms with E-state index in [1.54, 1.807) is 48.5 Å². The van der Waals surface area contributed by atoms with E-state index < -0.39 is 32.9 Å². The number of benzene rings is 2. The molecule has 28 heavy (non-hydrogen) atoms. The Kier molecular flexibility index (Phi) is 5.84. The van der Waals surface area contributed by atoms with E-state index in [-0.39, 0.29) is 7.69 Å². The monoisotopic (exact) mass is 437 g/mol. The lowest BCUT2D eigenvalue weighted by Crippen LogP contribution is -2.30. The van der Waals surface area contributed by atoms with E-state index in [0.29, 0.717) is 11.1 Å². The molecule has 0 unspecified atom stereocenters. The zero-order chi connectivity index (χ0) is 20.3. The SMILES string of the molecule is NS(=O)(=O)C(C(=O)OC(c1ccccc1)c1ccccc1)=c1sc(=C(O)O)s1. The number of rotatable bonds is 5. The van der Waals surface area contributed by atoms with E-state index in [4.69, 9.17) is 20.1 Å². The third kappa shape index (κ3) is 4.42. The molecule has 146 valence electrons. The normalized spacial score (nSPS) is 11.4. The van der Waals surface area contributed by atoms with Crippen molar-refractivity contribution in [2.75, 3.05) is 0 Å². The molecule has 0 aliphatic carbocycles. The van der Waals surface area contributed by atoms with Gasteiger partial charge in [0, 0.05) is 0 Å². The number of primary sulfonamides is 1. The Morgan fingerprint density at radius 3 is 1.75 bits per heavy atom. The minimum Gasteiger partial charge on any atom is -0.479 e. The van der Waals surface area contributed by atoms with Gasteiger partial charge >= 0.3 is 11.9 Å². The average Bonchev–Trinajstić information content (AvgIpc) is 2.62. The molecule has 0 aliphatic rings. The van der Waals surface area contributed by atoms with Crippen LogP contribution in [0.5, 0.6) is 0 Å². The maximum absolute atomic E-state index is 12.8. The average molecular weight is 438 g/mol. The fourth-order valence-electron chi connectivity index (χ4n) is 2.42. The van der Waals surface area contributed by atoms with Gasteiger partial charge in [0.25, 0.3) is 0 Å². The van der Waals surface area contributed by atoms with E-state index in [1.165, 1.54) is 0 Å². The zero-order valence-electron chi connectivity index (χ0n) is 14.2. The minimum absolute atomic E-state index is 0.0166. The molecule has 1 aromatic heterocycles. The molecule has 0 aliphatic heterocycles. The molecule has 0 fully saturated rings. The van der Waals surface area contributed by atoms with Gasteiger partial charge in [-0.2, -0.15) is 0 Å². The van der Waals surface area contributed by atoms with Gasteiger partial charge in [-0.3, -0.25) is 0 Å². The fourth-order valence-corrected chi connectivity index (χ4v) is 5.52. The van der Waals surface area contributed by atoms with Gasteiger partial charge < -0.3 is 14.9 Å². The number of carbonyl (C=O) groups is 1. The van der Waals surface area contributed by atoms with Gasteiger partial charge in [0.15, 0.2) is 14.9 Å². The van der Waals surface area contributed by atoms with Crippen molar-refractivity contribution < 1.29 is 28.2 Å². The van der Waals surface area contributed by atoms with Crippen LogP contribution in [0.3, 0.4) is 0 Å². The standard InChI is InChI=1S/C18H15NO6S3/c19-28(23,24)14(17-26-18(27-17)15(20)21)16(22)25-13(11-7-3-1-4-8-11)12-9-5-2-6-10-12/h1-10,13,20-21H,(H2,19,23,24). The van der Waals surface area contributed by atoms with Crippen molar-refractivity contribution in [3.63, 3.8) is 0 Å². The predicted octanol–water partition coefficient (Wildman–Crippen LogP) is 1.72. The first kappa shape index (κ1) is 20.1. The zero-order valence-corrected chi connectivity index (χ0v) is 16.6. The molecule has 7 nitrogen and oxygen atoms in total. The van der Waals surface area contributed by atoms with Crippen LogP contribution < -0.4 is 12.8 Å². The summed E-state index contributed by atoms with van der Waals surface area (Å²) in [4.78, 5) is 12.0. The first-order valence-corrected chi connectivity index (χ1v) is 11.0. The van der Waals surface area contributed by atoms with Crippen LogP contribution in [-0.4, -0.2) is 24.6 Å². The summed E-state index contributed by atoms with van der Waals surface area (Å²) >= 11 is 1.45. The molecule has 4 N–H and O–H groups in total. The molecule has 1 heterocycles. The highest BCUT2D eigenvalue weighted by Gasteiger charge is 2.29. The molecule has 3 rings (SSSR count). The number of hydrogen-bond acceptors (Lipinski definition) is 8. The highest BCUT2D eigenvalue weighted by Crippen LogP contribution is 2.27. The lowest BCUT2D eigenvalue weighted by Gasteiger charge is -2.19. The van der Waals surface area contributed by atoms with E-state index in [1.807, 2.05) is 12.1 Å². The summed E-state index contributed by atoms with van der Waals surface area (Å²) in [6.45, 7) is 0. The number of esters is 1. The van der Waals surface area contributed by atoms with Crippen molar-refractivity contribution in [2.24, 2.45) is 5.14 Å². The van der Waals surface area contributed by atoms with Crippen molar-refractivity contribution in [3.05, 3.63) is 79.5 Å². The smallest absolute Gasteiger partial charge is 0.354 e.